The minimum atomic E-state index is -3.70. The Balaban J connectivity index is 1.59. The molecule has 11 nitrogen and oxygen atoms in total. The number of hydrogen-bond donors (Lipinski definition) is 5. The molecule has 3 atom stereocenters. The third-order valence-electron chi connectivity index (χ3n) is 7.25. The molecule has 12 heteroatoms. The van der Waals surface area contributed by atoms with E-state index in [0.717, 1.165) is 27.4 Å². The van der Waals surface area contributed by atoms with Crippen molar-refractivity contribution >= 4 is 27.5 Å². The van der Waals surface area contributed by atoms with Crippen molar-refractivity contribution in [2.75, 3.05) is 24.2 Å². The van der Waals surface area contributed by atoms with E-state index in [4.69, 9.17) is 0 Å². The molecule has 0 spiro atoms. The van der Waals surface area contributed by atoms with E-state index in [1.807, 2.05) is 67.6 Å². The van der Waals surface area contributed by atoms with Gasteiger partial charge in [0.25, 0.3) is 11.8 Å². The molecule has 3 aromatic carbocycles. The summed E-state index contributed by atoms with van der Waals surface area (Å²) in [6, 6.07) is 22.1. The summed E-state index contributed by atoms with van der Waals surface area (Å²) >= 11 is 0. The number of amides is 2. The van der Waals surface area contributed by atoms with Gasteiger partial charge < -0.3 is 26.0 Å². The number of carbonyl (C=O) groups is 2. The standard InChI is InChI=1S/C32H38N6O5S/c1-22(24-12-8-5-9-13-24)36-31(40)25-15-26(17-28(16-25)38(2)44(3,42)43)32(41)37-29(14-23-10-6-4-7-11-23)30(39)20-33-18-27-19-34-21-35-27/h4-13,15-17,19,21-22,29-30,33,39H,14,18,20H2,1-3H3,(H,34,35)(H,36,40)(H,37,41). The predicted molar refractivity (Wildman–Crippen MR) is 170 cm³/mol. The van der Waals surface area contributed by atoms with Crippen molar-refractivity contribution in [1.82, 2.24) is 25.9 Å². The number of benzene rings is 3. The first-order valence-electron chi connectivity index (χ1n) is 14.2. The summed E-state index contributed by atoms with van der Waals surface area (Å²) in [4.78, 5) is 34.0. The van der Waals surface area contributed by atoms with Crippen LogP contribution in [-0.2, 0) is 23.0 Å². The summed E-state index contributed by atoms with van der Waals surface area (Å²) in [5.41, 5.74) is 2.99. The molecule has 44 heavy (non-hydrogen) atoms. The van der Waals surface area contributed by atoms with Crippen molar-refractivity contribution in [1.29, 1.82) is 0 Å². The van der Waals surface area contributed by atoms with E-state index >= 15 is 0 Å². The van der Waals surface area contributed by atoms with E-state index in [0.29, 0.717) is 13.0 Å². The zero-order valence-corrected chi connectivity index (χ0v) is 25.7. The molecule has 5 N–H and O–H groups in total. The Morgan fingerprint density at radius 1 is 0.955 bits per heavy atom. The van der Waals surface area contributed by atoms with Crippen LogP contribution in [0.15, 0.2) is 91.4 Å². The molecule has 0 bridgehead atoms. The maximum atomic E-state index is 13.7. The second kappa shape index (κ2) is 14.8. The van der Waals surface area contributed by atoms with E-state index in [2.05, 4.69) is 25.9 Å². The molecule has 1 aromatic heterocycles. The van der Waals surface area contributed by atoms with Gasteiger partial charge in [-0.2, -0.15) is 0 Å². The van der Waals surface area contributed by atoms with Crippen LogP contribution in [0.4, 0.5) is 5.69 Å². The molecular formula is C32H38N6O5S. The van der Waals surface area contributed by atoms with Crippen molar-refractivity contribution in [3.05, 3.63) is 119 Å². The number of sulfonamides is 1. The number of aliphatic hydroxyl groups is 1. The first-order valence-corrected chi connectivity index (χ1v) is 16.0. The van der Waals surface area contributed by atoms with Crippen molar-refractivity contribution < 1.29 is 23.1 Å². The largest absolute Gasteiger partial charge is 0.390 e. The fourth-order valence-corrected chi connectivity index (χ4v) is 5.12. The number of nitrogens with zero attached hydrogens (tertiary/aromatic N) is 2. The maximum absolute atomic E-state index is 13.7. The summed E-state index contributed by atoms with van der Waals surface area (Å²) in [5.74, 6) is -1.03. The van der Waals surface area contributed by atoms with Crippen LogP contribution in [0, 0.1) is 0 Å². The Labute approximate surface area is 257 Å². The summed E-state index contributed by atoms with van der Waals surface area (Å²) in [5, 5.41) is 20.1. The number of imidazole rings is 1. The molecular weight excluding hydrogens is 580 g/mol. The molecule has 4 rings (SSSR count). The molecule has 232 valence electrons. The van der Waals surface area contributed by atoms with E-state index in [-0.39, 0.29) is 29.4 Å². The Hall–Kier alpha value is -4.52. The molecule has 0 radical (unpaired) electrons. The van der Waals surface area contributed by atoms with Gasteiger partial charge in [-0.25, -0.2) is 13.4 Å². The molecule has 0 aliphatic carbocycles. The van der Waals surface area contributed by atoms with E-state index in [1.165, 1.54) is 25.2 Å². The minimum absolute atomic E-state index is 0.0752. The molecule has 0 aliphatic rings. The molecule has 1 heterocycles. The van der Waals surface area contributed by atoms with Crippen molar-refractivity contribution in [2.45, 2.75) is 38.1 Å². The lowest BCUT2D eigenvalue weighted by Gasteiger charge is -2.25. The highest BCUT2D eigenvalue weighted by molar-refractivity contribution is 7.92. The number of aromatic nitrogens is 2. The zero-order valence-electron chi connectivity index (χ0n) is 24.9. The SMILES string of the molecule is CC(NC(=O)c1cc(C(=O)NC(Cc2ccccc2)C(O)CNCc2cnc[nH]2)cc(N(C)S(C)(=O)=O)c1)c1ccccc1. The van der Waals surface area contributed by atoms with Gasteiger partial charge >= 0.3 is 0 Å². The van der Waals surface area contributed by atoms with E-state index < -0.39 is 34.0 Å². The number of rotatable bonds is 14. The average Bonchev–Trinajstić information content (AvgIpc) is 3.54. The van der Waals surface area contributed by atoms with E-state index in [9.17, 15) is 23.1 Å². The summed E-state index contributed by atoms with van der Waals surface area (Å²) < 4.78 is 25.8. The maximum Gasteiger partial charge on any atom is 0.251 e. The Kier molecular flexibility index (Phi) is 10.9. The van der Waals surface area contributed by atoms with Crippen molar-refractivity contribution in [3.63, 3.8) is 0 Å². The normalized spacial score (nSPS) is 13.5. The minimum Gasteiger partial charge on any atom is -0.390 e. The number of aliphatic hydroxyl groups excluding tert-OH is 1. The van der Waals surface area contributed by atoms with Gasteiger partial charge in [0.05, 0.1) is 36.5 Å². The molecule has 2 amide bonds. The van der Waals surface area contributed by atoms with Gasteiger partial charge in [-0.1, -0.05) is 60.7 Å². The lowest BCUT2D eigenvalue weighted by molar-refractivity contribution is 0.0829. The fraction of sp³-hybridized carbons (Fsp3) is 0.281. The quantitative estimate of drug-likeness (QED) is 0.146. The molecule has 4 aromatic rings. The highest BCUT2D eigenvalue weighted by Crippen LogP contribution is 2.22. The van der Waals surface area contributed by atoms with Gasteiger partial charge in [-0.15, -0.1) is 0 Å². The number of H-pyrrole nitrogens is 1. The molecule has 0 saturated heterocycles. The topological polar surface area (TPSA) is 157 Å². The van der Waals surface area contributed by atoms with Crippen LogP contribution in [-0.4, -0.2) is 67.3 Å². The van der Waals surface area contributed by atoms with Gasteiger partial charge in [0.2, 0.25) is 10.0 Å². The number of carbonyl (C=O) groups excluding carboxylic acids is 2. The highest BCUT2D eigenvalue weighted by atomic mass is 32.2. The number of aromatic amines is 1. The first-order chi connectivity index (χ1) is 21.0. The molecule has 0 saturated carbocycles. The lowest BCUT2D eigenvalue weighted by Crippen LogP contribution is -2.48. The van der Waals surface area contributed by atoms with Crippen LogP contribution in [0.3, 0.4) is 0 Å². The Bertz CT molecular complexity index is 1630. The van der Waals surface area contributed by atoms with Crippen LogP contribution < -0.4 is 20.3 Å². The monoisotopic (exact) mass is 618 g/mol. The number of anilines is 1. The van der Waals surface area contributed by atoms with Gasteiger partial charge in [0.1, 0.15) is 0 Å². The fourth-order valence-electron chi connectivity index (χ4n) is 4.63. The number of nitrogens with one attached hydrogen (secondary N) is 4. The number of hydrogen-bond acceptors (Lipinski definition) is 7. The summed E-state index contributed by atoms with van der Waals surface area (Å²) in [7, 11) is -2.34. The highest BCUT2D eigenvalue weighted by Gasteiger charge is 2.25. The van der Waals surface area contributed by atoms with Gasteiger partial charge in [-0.3, -0.25) is 13.9 Å². The van der Waals surface area contributed by atoms with Crippen LogP contribution in [0.5, 0.6) is 0 Å². The Morgan fingerprint density at radius 2 is 1.57 bits per heavy atom. The van der Waals surface area contributed by atoms with Gasteiger partial charge in [0, 0.05) is 43.2 Å². The van der Waals surface area contributed by atoms with Crippen LogP contribution in [0.25, 0.3) is 0 Å². The third-order valence-corrected chi connectivity index (χ3v) is 8.46. The molecule has 0 aliphatic heterocycles. The molecule has 0 fully saturated rings. The lowest BCUT2D eigenvalue weighted by atomic mass is 10.00. The summed E-state index contributed by atoms with van der Waals surface area (Å²) in [6.45, 7) is 2.46. The first kappa shape index (κ1) is 32.4. The molecule has 3 unspecified atom stereocenters. The van der Waals surface area contributed by atoms with Crippen LogP contribution in [0.2, 0.25) is 0 Å². The van der Waals surface area contributed by atoms with Gasteiger partial charge in [-0.05, 0) is 42.7 Å². The smallest absolute Gasteiger partial charge is 0.251 e. The average molecular weight is 619 g/mol. The summed E-state index contributed by atoms with van der Waals surface area (Å²) in [6.07, 6.45) is 3.65. The van der Waals surface area contributed by atoms with Gasteiger partial charge in [0.15, 0.2) is 0 Å². The zero-order chi connectivity index (χ0) is 31.7. The third kappa shape index (κ3) is 8.99. The Morgan fingerprint density at radius 3 is 2.16 bits per heavy atom. The van der Waals surface area contributed by atoms with E-state index in [1.54, 1.807) is 12.5 Å². The van der Waals surface area contributed by atoms with Crippen LogP contribution in [0.1, 0.15) is 50.5 Å². The second-order valence-electron chi connectivity index (χ2n) is 10.6. The van der Waals surface area contributed by atoms with Crippen molar-refractivity contribution in [3.8, 4) is 0 Å². The van der Waals surface area contributed by atoms with Crippen LogP contribution >= 0.6 is 0 Å². The van der Waals surface area contributed by atoms with Crippen molar-refractivity contribution in [2.24, 2.45) is 0 Å². The second-order valence-corrected chi connectivity index (χ2v) is 12.7. The predicted octanol–water partition coefficient (Wildman–Crippen LogP) is 2.79.